The molecule has 0 aromatic heterocycles. The van der Waals surface area contributed by atoms with E-state index < -0.39 is 208 Å². The summed E-state index contributed by atoms with van der Waals surface area (Å²) in [6.45, 7) is 20.4. The number of alkyl carbamates (subject to hydrolysis) is 1. The minimum absolute atomic E-state index is 0.000860. The van der Waals surface area contributed by atoms with Crippen LogP contribution in [0.5, 0.6) is 0 Å². The molecule has 750 valence electrons. The second kappa shape index (κ2) is 66.3. The van der Waals surface area contributed by atoms with Crippen molar-refractivity contribution >= 4 is 101 Å². The number of carbonyl (C=O) groups excluding carboxylic acids is 16. The van der Waals surface area contributed by atoms with Crippen molar-refractivity contribution in [1.82, 2.24) is 78.5 Å². The number of hydrogen-bond acceptors (Lipinski definition) is 28. The van der Waals surface area contributed by atoms with Crippen molar-refractivity contribution in [3.8, 4) is 0 Å². The summed E-state index contributed by atoms with van der Waals surface area (Å²) in [4.78, 5) is 229. The number of nitrogens with one attached hydrogen (secondary N) is 12. The third-order valence-corrected chi connectivity index (χ3v) is 21.3. The lowest BCUT2D eigenvalue weighted by molar-refractivity contribution is -0.148. The Morgan fingerprint density at radius 1 is 0.523 bits per heavy atom. The number of nitrogens with zero attached hydrogens (tertiary/aromatic N) is 3. The van der Waals surface area contributed by atoms with E-state index >= 15 is 0 Å². The lowest BCUT2D eigenvalue weighted by Crippen LogP contribution is -2.59. The molecule has 0 bridgehead atoms. The van der Waals surface area contributed by atoms with E-state index in [2.05, 4.69) is 63.8 Å². The second-order valence-electron chi connectivity index (χ2n) is 34.3. The lowest BCUT2D eigenvalue weighted by atomic mass is 9.89. The van der Waals surface area contributed by atoms with E-state index in [1.165, 1.54) is 21.1 Å². The van der Waals surface area contributed by atoms with Crippen molar-refractivity contribution in [3.05, 3.63) is 35.9 Å². The van der Waals surface area contributed by atoms with Gasteiger partial charge in [-0.15, -0.1) is 0 Å². The largest absolute Gasteiger partial charge is 0.480 e. The zero-order valence-electron chi connectivity index (χ0n) is 80.3. The van der Waals surface area contributed by atoms with Gasteiger partial charge < -0.3 is 126 Å². The molecule has 12 atom stereocenters. The summed E-state index contributed by atoms with van der Waals surface area (Å²) in [5.41, 5.74) is 0.486. The molecule has 1 aromatic rings. The fourth-order valence-electron chi connectivity index (χ4n) is 14.1. The second-order valence-corrected chi connectivity index (χ2v) is 34.3. The maximum Gasteiger partial charge on any atom is 0.407 e. The number of amides is 14. The number of likely N-dealkylation sites (tertiary alicyclic amines) is 1. The van der Waals surface area contributed by atoms with Crippen LogP contribution in [-0.4, -0.2) is 362 Å². The van der Waals surface area contributed by atoms with Crippen LogP contribution >= 0.6 is 0 Å². The first kappa shape index (κ1) is 118. The first-order valence-electron chi connectivity index (χ1n) is 45.2. The number of esters is 1. The van der Waals surface area contributed by atoms with Gasteiger partial charge in [0.2, 0.25) is 76.8 Å². The third kappa shape index (κ3) is 49.5. The Bertz CT molecular complexity index is 3720. The van der Waals surface area contributed by atoms with Crippen LogP contribution in [0.1, 0.15) is 152 Å². The predicted octanol–water partition coefficient (Wildman–Crippen LogP) is -0.790. The monoisotopic (exact) mass is 1880 g/mol. The molecular formula is C89H151N15O28. The Morgan fingerprint density at radius 2 is 1.07 bits per heavy atom. The first-order chi connectivity index (χ1) is 62.6. The fourth-order valence-corrected chi connectivity index (χ4v) is 14.1. The van der Waals surface area contributed by atoms with Crippen molar-refractivity contribution < 1.29 is 134 Å². The SMILES string of the molecule is CC[C@H](C)[C@@H]([C@@H](CC(=O)N1CCC[C@H]1[C@H](OC)[C@@H](C)C(=O)N[C@@H](Cc1ccccc1)C(=O)NCCCOC(=O)C(C)NC(=O)CCC(NC(=O)CCNC(=O)OCC(CC(=O)CNC(=O)CNC(=O)CNC(=O)CNC(=O)CCNC(=O)CC(C)(C)C)C(=O)NCCOCCOCCOCCOCCOCCOC)C(=O)O)OC)N(C)C(=O)[C@@H](NC(=O)[C@H](C(C)C)N(C)C)C(C)C. The highest BCUT2D eigenvalue weighted by atomic mass is 16.6. The van der Waals surface area contributed by atoms with E-state index in [1.54, 1.807) is 61.2 Å². The number of ketones is 1. The summed E-state index contributed by atoms with van der Waals surface area (Å²) in [5.74, 6) is -13.2. The van der Waals surface area contributed by atoms with Crippen LogP contribution in [-0.2, 0) is 131 Å². The molecule has 14 amide bonds. The lowest BCUT2D eigenvalue weighted by Gasteiger charge is -2.41. The topological polar surface area (TPSA) is 557 Å². The van der Waals surface area contributed by atoms with Gasteiger partial charge in [-0.25, -0.2) is 14.4 Å². The number of hydrogen-bond donors (Lipinski definition) is 13. The van der Waals surface area contributed by atoms with Gasteiger partial charge in [-0.3, -0.25) is 72.0 Å². The van der Waals surface area contributed by atoms with Crippen LogP contribution < -0.4 is 63.8 Å². The van der Waals surface area contributed by atoms with Gasteiger partial charge in [0.05, 0.1) is 154 Å². The molecule has 1 saturated heterocycles. The number of carbonyl (C=O) groups is 17. The summed E-state index contributed by atoms with van der Waals surface area (Å²) < 4.78 is 54.9. The van der Waals surface area contributed by atoms with Crippen molar-refractivity contribution in [2.45, 2.75) is 208 Å². The van der Waals surface area contributed by atoms with Gasteiger partial charge in [0.1, 0.15) is 30.8 Å². The van der Waals surface area contributed by atoms with E-state index in [9.17, 15) is 86.6 Å². The molecule has 13 N–H and O–H groups in total. The summed E-state index contributed by atoms with van der Waals surface area (Å²) in [6, 6.07) is 2.58. The van der Waals surface area contributed by atoms with Crippen molar-refractivity contribution in [1.29, 1.82) is 0 Å². The molecule has 0 aliphatic carbocycles. The molecule has 0 spiro atoms. The highest BCUT2D eigenvalue weighted by molar-refractivity contribution is 5.94. The summed E-state index contributed by atoms with van der Waals surface area (Å²) in [6.07, 6.45) is -2.74. The van der Waals surface area contributed by atoms with Crippen LogP contribution in [0.25, 0.3) is 0 Å². The first-order valence-corrected chi connectivity index (χ1v) is 45.2. The molecule has 43 nitrogen and oxygen atoms in total. The third-order valence-electron chi connectivity index (χ3n) is 21.3. The Morgan fingerprint density at radius 3 is 1.61 bits per heavy atom. The number of rotatable bonds is 70. The van der Waals surface area contributed by atoms with Gasteiger partial charge in [0.25, 0.3) is 0 Å². The summed E-state index contributed by atoms with van der Waals surface area (Å²) in [5, 5.41) is 40.1. The molecule has 1 aliphatic rings. The number of aliphatic carboxylic acids is 1. The minimum atomic E-state index is -1.61. The van der Waals surface area contributed by atoms with Crippen molar-refractivity contribution in [2.75, 3.05) is 187 Å². The zero-order chi connectivity index (χ0) is 98.8. The van der Waals surface area contributed by atoms with Gasteiger partial charge in [-0.05, 0) is 75.4 Å². The number of benzene rings is 1. The molecule has 1 heterocycles. The molecule has 1 fully saturated rings. The number of methoxy groups -OCH3 is 3. The van der Waals surface area contributed by atoms with Crippen LogP contribution in [0.3, 0.4) is 0 Å². The molecule has 1 aromatic carbocycles. The van der Waals surface area contributed by atoms with Crippen LogP contribution in [0, 0.1) is 35.0 Å². The van der Waals surface area contributed by atoms with E-state index in [0.717, 1.165) is 5.56 Å². The maximum atomic E-state index is 14.6. The fraction of sp³-hybridized carbons (Fsp3) is 0.742. The van der Waals surface area contributed by atoms with Gasteiger partial charge in [-0.1, -0.05) is 106 Å². The highest BCUT2D eigenvalue weighted by Crippen LogP contribution is 2.30. The van der Waals surface area contributed by atoms with Gasteiger partial charge in [0, 0.05) is 99.6 Å². The average Bonchev–Trinajstić information content (AvgIpc) is 1.54. The van der Waals surface area contributed by atoms with E-state index in [4.69, 9.17) is 47.4 Å². The molecule has 43 heteroatoms. The van der Waals surface area contributed by atoms with E-state index in [1.807, 2.05) is 81.3 Å². The number of carboxylic acid groups (broad SMARTS) is 1. The Labute approximate surface area is 775 Å². The smallest absolute Gasteiger partial charge is 0.407 e. The molecular weight excluding hydrogens is 1730 g/mol. The van der Waals surface area contributed by atoms with Crippen molar-refractivity contribution in [3.63, 3.8) is 0 Å². The van der Waals surface area contributed by atoms with Crippen LogP contribution in [0.2, 0.25) is 0 Å². The average molecular weight is 1880 g/mol. The summed E-state index contributed by atoms with van der Waals surface area (Å²) in [7, 11) is 9.85. The zero-order valence-corrected chi connectivity index (χ0v) is 80.3. The predicted molar refractivity (Wildman–Crippen MR) is 482 cm³/mol. The highest BCUT2D eigenvalue weighted by Gasteiger charge is 2.44. The van der Waals surface area contributed by atoms with E-state index in [-0.39, 0.29) is 132 Å². The van der Waals surface area contributed by atoms with Crippen molar-refractivity contribution in [2.24, 2.45) is 35.0 Å². The Hall–Kier alpha value is -10.1. The molecule has 2 rings (SSSR count). The number of likely N-dealkylation sites (N-methyl/N-ethyl adjacent to an activating group) is 2. The number of ether oxygens (including phenoxy) is 10. The minimum Gasteiger partial charge on any atom is -0.480 e. The normalized spacial score (nSPS) is 15.1. The summed E-state index contributed by atoms with van der Waals surface area (Å²) >= 11 is 0. The van der Waals surface area contributed by atoms with Crippen LogP contribution in [0.15, 0.2) is 30.3 Å². The maximum absolute atomic E-state index is 14.6. The van der Waals surface area contributed by atoms with Gasteiger partial charge in [0.15, 0.2) is 5.78 Å². The van der Waals surface area contributed by atoms with Crippen LogP contribution in [0.4, 0.5) is 4.79 Å². The quantitative estimate of drug-likeness (QED) is 0.0281. The standard InChI is InChI=1S/C89H151N15O28/c1-18-59(6)79(103(14)85(118)77(57(2)3)101-84(117)78(58(4)5)102(12)13)68(124-16)50-76(113)104-35-22-26-67(104)80(125-17)60(7)81(114)100-66(48-62-24-20-19-21-25-62)83(116)91-31-23-36-131-87(121)61(8)98-70(107)28-27-65(86(119)120)99-71(108)30-33-93-88(122)132-56-63(82(115)92-34-37-126-40-41-128-44-45-130-47-46-129-43-42-127-39-38-123-15)49-64(105)52-94-73(110)54-96-75(112)55-97-74(111)53-95-69(106)29-32-90-72(109)51-89(9,10)11/h19-21,24-25,57-61,63,65-68,77-80H,18,22-23,26-56H2,1-17H3,(H,90,109)(H,91,116)(H,92,115)(H,93,122)(H,94,110)(H,95,106)(H,96,112)(H,97,111)(H,98,107)(H,99,108)(H,100,114)(H,101,117)(H,119,120)/t59-,60+,61?,63?,65?,66-,67-,68+,77-,78-,79-,80+/m0/s1. The molecule has 0 saturated carbocycles. The molecule has 3 unspecified atom stereocenters. The number of Topliss-reactive ketones (excluding diaryl/α,β-unsaturated/α-hetero) is 1. The Balaban J connectivity index is 1.97. The Kier molecular flexibility index (Phi) is 59.2. The van der Waals surface area contributed by atoms with Gasteiger partial charge >= 0.3 is 18.0 Å². The van der Waals surface area contributed by atoms with Gasteiger partial charge in [-0.2, -0.15) is 0 Å². The molecule has 0 radical (unpaired) electrons. The molecule has 132 heavy (non-hydrogen) atoms. The number of carboxylic acids is 1. The molecule has 1 aliphatic heterocycles. The van der Waals surface area contributed by atoms with E-state index in [0.29, 0.717) is 72.1 Å².